The Labute approximate surface area is 136 Å². The molecule has 2 bridgehead atoms. The first-order valence-electron chi connectivity index (χ1n) is 8.63. The Bertz CT molecular complexity index is 730. The smallest absolute Gasteiger partial charge is 0.174 e. The van der Waals surface area contributed by atoms with Gasteiger partial charge in [-0.3, -0.25) is 4.79 Å². The number of likely N-dealkylation sites (N-methyl/N-ethyl adjacent to an activating group) is 1. The summed E-state index contributed by atoms with van der Waals surface area (Å²) >= 11 is 0. The molecule has 1 unspecified atom stereocenters. The number of methoxy groups -OCH3 is 1. The number of likely N-dealkylation sites (tertiary alicyclic amines) is 1. The number of nitrogens with zero attached hydrogens (tertiary/aromatic N) is 1. The molecule has 4 atom stereocenters. The van der Waals surface area contributed by atoms with Crippen molar-refractivity contribution in [3.05, 3.63) is 23.3 Å². The first-order chi connectivity index (χ1) is 11.0. The minimum absolute atomic E-state index is 0.100. The van der Waals surface area contributed by atoms with E-state index in [0.29, 0.717) is 12.5 Å². The molecule has 1 aromatic rings. The number of rotatable bonds is 1. The molecule has 1 saturated heterocycles. The monoisotopic (exact) mass is 313 g/mol. The second kappa shape index (κ2) is 4.10. The van der Waals surface area contributed by atoms with Crippen LogP contribution in [0.5, 0.6) is 11.5 Å². The molecule has 4 nitrogen and oxygen atoms in total. The van der Waals surface area contributed by atoms with Gasteiger partial charge in [0.2, 0.25) is 0 Å². The van der Waals surface area contributed by atoms with Crippen LogP contribution in [0.15, 0.2) is 12.1 Å². The van der Waals surface area contributed by atoms with Crippen LogP contribution in [0.2, 0.25) is 0 Å². The van der Waals surface area contributed by atoms with Crippen LogP contribution in [-0.4, -0.2) is 43.5 Å². The Morgan fingerprint density at radius 2 is 2.17 bits per heavy atom. The molecule has 23 heavy (non-hydrogen) atoms. The zero-order chi connectivity index (χ0) is 16.0. The highest BCUT2D eigenvalue weighted by atomic mass is 16.5. The van der Waals surface area contributed by atoms with Gasteiger partial charge in [0.15, 0.2) is 23.4 Å². The summed E-state index contributed by atoms with van der Waals surface area (Å²) in [4.78, 5) is 15.3. The summed E-state index contributed by atoms with van der Waals surface area (Å²) in [6.45, 7) is 3.43. The number of hydrogen-bond acceptors (Lipinski definition) is 4. The van der Waals surface area contributed by atoms with Crippen LogP contribution in [0.25, 0.3) is 0 Å². The van der Waals surface area contributed by atoms with Crippen LogP contribution in [0.4, 0.5) is 0 Å². The molecular formula is C19H23NO3. The predicted octanol–water partition coefficient (Wildman–Crippen LogP) is 2.32. The Balaban J connectivity index is 1.86. The van der Waals surface area contributed by atoms with Crippen LogP contribution in [-0.2, 0) is 16.6 Å². The summed E-state index contributed by atoms with van der Waals surface area (Å²) in [5, 5.41) is 0. The first-order valence-corrected chi connectivity index (χ1v) is 8.63. The molecule has 2 aliphatic carbocycles. The maximum Gasteiger partial charge on any atom is 0.174 e. The molecule has 1 aromatic carbocycles. The van der Waals surface area contributed by atoms with E-state index in [4.69, 9.17) is 9.47 Å². The van der Waals surface area contributed by atoms with E-state index in [1.54, 1.807) is 7.11 Å². The number of Topliss-reactive ketones (excluding diaryl/α,β-unsaturated/α-hetero) is 1. The topological polar surface area (TPSA) is 38.8 Å². The molecule has 4 aliphatic rings. The zero-order valence-corrected chi connectivity index (χ0v) is 14.0. The van der Waals surface area contributed by atoms with Gasteiger partial charge in [0.05, 0.1) is 12.5 Å². The maximum absolute atomic E-state index is 12.8. The standard InChI is InChI=1S/C19H23NO3/c1-18-7-6-12(21)17-19(18)8-9-20(2)14(18)10-11-4-5-13(22-3)16(23-17)15(11)19/h4-5,14,17H,6-10H2,1-3H3/t14-,17+,18?,19+/m1/s1. The van der Waals surface area contributed by atoms with Crippen LogP contribution < -0.4 is 9.47 Å². The quantitative estimate of drug-likeness (QED) is 0.797. The average molecular weight is 313 g/mol. The van der Waals surface area contributed by atoms with Gasteiger partial charge in [0.1, 0.15) is 0 Å². The highest BCUT2D eigenvalue weighted by Crippen LogP contribution is 2.68. The fourth-order valence-corrected chi connectivity index (χ4v) is 6.14. The number of ketones is 1. The van der Waals surface area contributed by atoms with Crippen molar-refractivity contribution in [2.75, 3.05) is 20.7 Å². The van der Waals surface area contributed by atoms with Crippen molar-refractivity contribution in [1.82, 2.24) is 4.90 Å². The number of piperidine rings is 1. The summed E-state index contributed by atoms with van der Waals surface area (Å²) in [6.07, 6.45) is 3.34. The molecule has 2 fully saturated rings. The summed E-state index contributed by atoms with van der Waals surface area (Å²) in [5.41, 5.74) is 2.59. The van der Waals surface area contributed by atoms with E-state index in [-0.39, 0.29) is 22.7 Å². The van der Waals surface area contributed by atoms with Crippen molar-refractivity contribution in [1.29, 1.82) is 0 Å². The highest BCUT2D eigenvalue weighted by molar-refractivity contribution is 5.89. The third kappa shape index (κ3) is 1.33. The summed E-state index contributed by atoms with van der Waals surface area (Å²) in [6, 6.07) is 4.68. The van der Waals surface area contributed by atoms with Gasteiger partial charge in [-0.15, -0.1) is 0 Å². The van der Waals surface area contributed by atoms with Gasteiger partial charge in [-0.2, -0.15) is 0 Å². The second-order valence-electron chi connectivity index (χ2n) is 7.93. The molecule has 0 N–H and O–H groups in total. The van der Waals surface area contributed by atoms with Gasteiger partial charge >= 0.3 is 0 Å². The van der Waals surface area contributed by atoms with Gasteiger partial charge in [-0.1, -0.05) is 13.0 Å². The van der Waals surface area contributed by atoms with Gasteiger partial charge in [0.25, 0.3) is 0 Å². The number of benzene rings is 1. The predicted molar refractivity (Wildman–Crippen MR) is 86.2 cm³/mol. The normalized spacial score (nSPS) is 40.6. The molecule has 2 heterocycles. The summed E-state index contributed by atoms with van der Waals surface area (Å²) in [5.74, 6) is 1.90. The largest absolute Gasteiger partial charge is 0.493 e. The highest BCUT2D eigenvalue weighted by Gasteiger charge is 2.70. The summed E-state index contributed by atoms with van der Waals surface area (Å²) in [7, 11) is 3.92. The fraction of sp³-hybridized carbons (Fsp3) is 0.632. The van der Waals surface area contributed by atoms with Crippen LogP contribution in [0, 0.1) is 5.41 Å². The lowest BCUT2D eigenvalue weighted by Gasteiger charge is -2.63. The van der Waals surface area contributed by atoms with Gasteiger partial charge in [-0.05, 0) is 49.9 Å². The first kappa shape index (κ1) is 13.8. The molecule has 122 valence electrons. The van der Waals surface area contributed by atoms with E-state index in [1.807, 2.05) is 6.07 Å². The Morgan fingerprint density at radius 1 is 1.35 bits per heavy atom. The summed E-state index contributed by atoms with van der Waals surface area (Å²) < 4.78 is 11.9. The minimum Gasteiger partial charge on any atom is -0.493 e. The van der Waals surface area contributed by atoms with Crippen molar-refractivity contribution in [3.63, 3.8) is 0 Å². The van der Waals surface area contributed by atoms with Crippen molar-refractivity contribution in [3.8, 4) is 11.5 Å². The lowest BCUT2D eigenvalue weighted by molar-refractivity contribution is -0.150. The van der Waals surface area contributed by atoms with Crippen LogP contribution in [0.1, 0.15) is 37.3 Å². The third-order valence-electron chi connectivity index (χ3n) is 7.30. The van der Waals surface area contributed by atoms with E-state index in [9.17, 15) is 4.79 Å². The van der Waals surface area contributed by atoms with Gasteiger partial charge < -0.3 is 14.4 Å². The van der Waals surface area contributed by atoms with E-state index in [0.717, 1.165) is 37.3 Å². The van der Waals surface area contributed by atoms with E-state index < -0.39 is 0 Å². The van der Waals surface area contributed by atoms with E-state index >= 15 is 0 Å². The Morgan fingerprint density at radius 3 is 2.96 bits per heavy atom. The van der Waals surface area contributed by atoms with Gasteiger partial charge in [-0.25, -0.2) is 0 Å². The molecule has 1 spiro atoms. The SMILES string of the molecule is COc1ccc2c3c1O[C@H]1C(=O)CCC4(C)[C@@H](C2)N(C)CC[C@]314. The maximum atomic E-state index is 12.8. The number of ether oxygens (including phenoxy) is 2. The third-order valence-corrected chi connectivity index (χ3v) is 7.30. The lowest BCUT2D eigenvalue weighted by atomic mass is 9.44. The number of hydrogen-bond donors (Lipinski definition) is 0. The van der Waals surface area contributed by atoms with Crippen molar-refractivity contribution in [2.45, 2.75) is 50.2 Å². The molecule has 2 aliphatic heterocycles. The number of carbonyl (C=O) groups excluding carboxylic acids is 1. The Kier molecular flexibility index (Phi) is 2.47. The molecule has 1 saturated carbocycles. The Hall–Kier alpha value is -1.55. The van der Waals surface area contributed by atoms with Crippen LogP contribution >= 0.6 is 0 Å². The molecule has 0 amide bonds. The van der Waals surface area contributed by atoms with Gasteiger partial charge in [0, 0.05) is 18.0 Å². The average Bonchev–Trinajstić information content (AvgIpc) is 2.90. The van der Waals surface area contributed by atoms with E-state index in [1.165, 1.54) is 11.1 Å². The second-order valence-corrected chi connectivity index (χ2v) is 7.93. The number of carbonyl (C=O) groups is 1. The fourth-order valence-electron chi connectivity index (χ4n) is 6.14. The van der Waals surface area contributed by atoms with Crippen molar-refractivity contribution in [2.24, 2.45) is 5.41 Å². The van der Waals surface area contributed by atoms with Crippen molar-refractivity contribution < 1.29 is 14.3 Å². The molecular weight excluding hydrogens is 290 g/mol. The molecule has 4 heteroatoms. The lowest BCUT2D eigenvalue weighted by Crippen LogP contribution is -2.70. The van der Waals surface area contributed by atoms with E-state index in [2.05, 4.69) is 24.9 Å². The molecule has 5 rings (SSSR count). The zero-order valence-electron chi connectivity index (χ0n) is 14.0. The molecule has 0 aromatic heterocycles. The molecule has 0 radical (unpaired) electrons. The minimum atomic E-state index is -0.317. The van der Waals surface area contributed by atoms with Crippen LogP contribution in [0.3, 0.4) is 0 Å². The van der Waals surface area contributed by atoms with Crippen molar-refractivity contribution >= 4 is 5.78 Å².